The van der Waals surface area contributed by atoms with Gasteiger partial charge in [-0.1, -0.05) is 60.7 Å². The van der Waals surface area contributed by atoms with Crippen LogP contribution >= 0.6 is 0 Å². The number of carbonyl (C=O) groups is 1. The lowest BCUT2D eigenvalue weighted by Crippen LogP contribution is -2.64. The Bertz CT molecular complexity index is 854. The molecule has 0 spiro atoms. The van der Waals surface area contributed by atoms with Crippen LogP contribution in [-0.4, -0.2) is 54.4 Å². The van der Waals surface area contributed by atoms with Gasteiger partial charge >= 0.3 is 0 Å². The molecule has 0 aliphatic carbocycles. The van der Waals surface area contributed by atoms with Crippen molar-refractivity contribution in [2.45, 2.75) is 76.7 Å². The van der Waals surface area contributed by atoms with Gasteiger partial charge in [-0.3, -0.25) is 4.79 Å². The maximum Gasteiger partial charge on any atom is 0.223 e. The number of methoxy groups -OCH3 is 1. The molecule has 7 nitrogen and oxygen atoms in total. The second-order valence-electron chi connectivity index (χ2n) is 9.05. The van der Waals surface area contributed by atoms with Crippen LogP contribution in [0.4, 0.5) is 0 Å². The fraction of sp³-hybridized carbons (Fsp3) is 0.500. The van der Waals surface area contributed by atoms with E-state index in [4.69, 9.17) is 18.9 Å². The first-order chi connectivity index (χ1) is 15.8. The SMILES string of the molecule is CO[C@H]1[C@H](OCc2ccccc2)O[C@H](C)[C@@H](NC(=O)CC(C)(C)O)[C@@H]1OCc1ccccc1. The number of hydrogen-bond donors (Lipinski definition) is 2. The van der Waals surface area contributed by atoms with Crippen LogP contribution in [0.2, 0.25) is 0 Å². The van der Waals surface area contributed by atoms with Crippen molar-refractivity contribution in [2.24, 2.45) is 0 Å². The van der Waals surface area contributed by atoms with Crippen LogP contribution in [0.3, 0.4) is 0 Å². The van der Waals surface area contributed by atoms with Gasteiger partial charge in [-0.05, 0) is 31.9 Å². The first kappa shape index (κ1) is 25.3. The first-order valence-corrected chi connectivity index (χ1v) is 11.3. The Balaban J connectivity index is 1.76. The fourth-order valence-electron chi connectivity index (χ4n) is 3.93. The first-order valence-electron chi connectivity index (χ1n) is 11.3. The maximum atomic E-state index is 12.6. The van der Waals surface area contributed by atoms with Gasteiger partial charge in [0.15, 0.2) is 6.29 Å². The van der Waals surface area contributed by atoms with Gasteiger partial charge in [-0.25, -0.2) is 0 Å². The molecule has 5 atom stereocenters. The Hall–Kier alpha value is -2.29. The van der Waals surface area contributed by atoms with Crippen molar-refractivity contribution >= 4 is 5.91 Å². The quantitative estimate of drug-likeness (QED) is 0.570. The lowest BCUT2D eigenvalue weighted by Gasteiger charge is -2.45. The Labute approximate surface area is 196 Å². The summed E-state index contributed by atoms with van der Waals surface area (Å²) in [7, 11) is 1.58. The van der Waals surface area contributed by atoms with Gasteiger partial charge in [-0.2, -0.15) is 0 Å². The molecule has 0 aromatic heterocycles. The van der Waals surface area contributed by atoms with E-state index in [0.29, 0.717) is 13.2 Å². The predicted molar refractivity (Wildman–Crippen MR) is 124 cm³/mol. The summed E-state index contributed by atoms with van der Waals surface area (Å²) in [6.07, 6.45) is -2.20. The third-order valence-corrected chi connectivity index (χ3v) is 5.54. The number of nitrogens with one attached hydrogen (secondary N) is 1. The number of hydrogen-bond acceptors (Lipinski definition) is 6. The van der Waals surface area contributed by atoms with Gasteiger partial charge < -0.3 is 29.4 Å². The van der Waals surface area contributed by atoms with E-state index in [0.717, 1.165) is 11.1 Å². The largest absolute Gasteiger partial charge is 0.390 e. The van der Waals surface area contributed by atoms with E-state index in [1.807, 2.05) is 67.6 Å². The van der Waals surface area contributed by atoms with Crippen LogP contribution in [-0.2, 0) is 37.0 Å². The summed E-state index contributed by atoms with van der Waals surface area (Å²) in [4.78, 5) is 12.6. The molecule has 2 aromatic carbocycles. The Kier molecular flexibility index (Phi) is 9.00. The van der Waals surface area contributed by atoms with Gasteiger partial charge in [0.05, 0.1) is 37.4 Å². The molecule has 33 heavy (non-hydrogen) atoms. The van der Waals surface area contributed by atoms with Gasteiger partial charge in [0.1, 0.15) is 12.2 Å². The highest BCUT2D eigenvalue weighted by Gasteiger charge is 2.47. The Morgan fingerprint density at radius 2 is 1.52 bits per heavy atom. The van der Waals surface area contributed by atoms with Crippen molar-refractivity contribution in [3.63, 3.8) is 0 Å². The topological polar surface area (TPSA) is 86.2 Å². The van der Waals surface area contributed by atoms with Gasteiger partial charge in [-0.15, -0.1) is 0 Å². The standard InChI is InChI=1S/C26H35NO6/c1-18-22(27-21(28)15-26(2,3)29)23(31-16-19-11-7-5-8-12-19)24(30-4)25(33-18)32-17-20-13-9-6-10-14-20/h5-14,18,22-25,29H,15-17H2,1-4H3,(H,27,28)/t18-,22-,23+,24-,25-/m1/s1. The van der Waals surface area contributed by atoms with Crippen LogP contribution in [0.25, 0.3) is 0 Å². The lowest BCUT2D eigenvalue weighted by molar-refractivity contribution is -0.289. The molecule has 1 aliphatic heterocycles. The van der Waals surface area contributed by atoms with E-state index in [2.05, 4.69) is 5.32 Å². The second-order valence-corrected chi connectivity index (χ2v) is 9.05. The highest BCUT2D eigenvalue weighted by Crippen LogP contribution is 2.28. The van der Waals surface area contributed by atoms with Crippen LogP contribution in [0.1, 0.15) is 38.3 Å². The fourth-order valence-corrected chi connectivity index (χ4v) is 3.93. The average molecular weight is 458 g/mol. The number of amides is 1. The summed E-state index contributed by atoms with van der Waals surface area (Å²) in [5, 5.41) is 13.0. The predicted octanol–water partition coefficient (Wildman–Crippen LogP) is 3.19. The molecule has 7 heteroatoms. The normalized spacial score (nSPS) is 25.5. The zero-order valence-electron chi connectivity index (χ0n) is 19.8. The minimum absolute atomic E-state index is 0.0345. The molecule has 1 fully saturated rings. The number of aliphatic hydroxyl groups is 1. The molecule has 2 aromatic rings. The minimum atomic E-state index is -1.12. The zero-order chi connectivity index (χ0) is 23.8. The number of rotatable bonds is 10. The van der Waals surface area contributed by atoms with Gasteiger partial charge in [0.25, 0.3) is 0 Å². The van der Waals surface area contributed by atoms with E-state index in [1.165, 1.54) is 0 Å². The monoisotopic (exact) mass is 457 g/mol. The van der Waals surface area contributed by atoms with Crippen LogP contribution in [0.5, 0.6) is 0 Å². The number of carbonyl (C=O) groups excluding carboxylic acids is 1. The van der Waals surface area contributed by atoms with Crippen molar-refractivity contribution in [3.8, 4) is 0 Å². The maximum absolute atomic E-state index is 12.6. The molecule has 1 amide bonds. The summed E-state index contributed by atoms with van der Waals surface area (Å²) in [6, 6.07) is 19.2. The minimum Gasteiger partial charge on any atom is -0.390 e. The average Bonchev–Trinajstić information content (AvgIpc) is 2.78. The van der Waals surface area contributed by atoms with Gasteiger partial charge in [0, 0.05) is 7.11 Å². The van der Waals surface area contributed by atoms with Crippen LogP contribution in [0.15, 0.2) is 60.7 Å². The molecule has 3 rings (SSSR count). The number of ether oxygens (including phenoxy) is 4. The molecule has 0 saturated carbocycles. The van der Waals surface area contributed by atoms with Crippen LogP contribution < -0.4 is 5.32 Å². The molecule has 1 saturated heterocycles. The smallest absolute Gasteiger partial charge is 0.223 e. The third kappa shape index (κ3) is 7.62. The highest BCUT2D eigenvalue weighted by molar-refractivity contribution is 5.77. The van der Waals surface area contributed by atoms with E-state index in [9.17, 15) is 9.90 Å². The van der Waals surface area contributed by atoms with E-state index in [-0.39, 0.29) is 12.3 Å². The highest BCUT2D eigenvalue weighted by atomic mass is 16.7. The molecule has 0 unspecified atom stereocenters. The molecular weight excluding hydrogens is 422 g/mol. The van der Waals surface area contributed by atoms with Crippen molar-refractivity contribution in [1.29, 1.82) is 0 Å². The molecule has 0 bridgehead atoms. The zero-order valence-corrected chi connectivity index (χ0v) is 19.8. The van der Waals surface area contributed by atoms with E-state index < -0.39 is 36.2 Å². The number of benzene rings is 2. The molecule has 1 aliphatic rings. The molecule has 180 valence electrons. The summed E-state index contributed by atoms with van der Waals surface area (Å²) in [6.45, 7) is 5.78. The summed E-state index contributed by atoms with van der Waals surface area (Å²) in [5.74, 6) is -0.283. The van der Waals surface area contributed by atoms with E-state index in [1.54, 1.807) is 21.0 Å². The lowest BCUT2D eigenvalue weighted by atomic mass is 9.95. The molecule has 0 radical (unpaired) electrons. The molecule has 2 N–H and O–H groups in total. The third-order valence-electron chi connectivity index (χ3n) is 5.54. The van der Waals surface area contributed by atoms with Crippen molar-refractivity contribution in [1.82, 2.24) is 5.32 Å². The molecular formula is C26H35NO6. The van der Waals surface area contributed by atoms with Crippen molar-refractivity contribution in [2.75, 3.05) is 7.11 Å². The second kappa shape index (κ2) is 11.7. The summed E-state index contributed by atoms with van der Waals surface area (Å²) < 4.78 is 24.3. The van der Waals surface area contributed by atoms with Crippen LogP contribution in [0, 0.1) is 0 Å². The molecule has 1 heterocycles. The summed E-state index contributed by atoms with van der Waals surface area (Å²) in [5.41, 5.74) is 0.909. The van der Waals surface area contributed by atoms with E-state index >= 15 is 0 Å². The Morgan fingerprint density at radius 3 is 2.03 bits per heavy atom. The summed E-state index contributed by atoms with van der Waals surface area (Å²) >= 11 is 0. The van der Waals surface area contributed by atoms with Gasteiger partial charge in [0.2, 0.25) is 5.91 Å². The Morgan fingerprint density at radius 1 is 0.970 bits per heavy atom. The van der Waals surface area contributed by atoms with Crippen molar-refractivity contribution in [3.05, 3.63) is 71.8 Å². The van der Waals surface area contributed by atoms with Crippen molar-refractivity contribution < 1.29 is 28.8 Å².